The van der Waals surface area contributed by atoms with Gasteiger partial charge in [-0.15, -0.1) is 24.0 Å². The Morgan fingerprint density at radius 2 is 1.63 bits per heavy atom. The Balaban J connectivity index is 0.00000450. The highest BCUT2D eigenvalue weighted by molar-refractivity contribution is 14.0. The summed E-state index contributed by atoms with van der Waals surface area (Å²) in [6, 6.07) is 15.8. The number of rotatable bonds is 7. The van der Waals surface area contributed by atoms with Gasteiger partial charge < -0.3 is 20.3 Å². The monoisotopic (exact) mass is 524 g/mol. The Labute approximate surface area is 197 Å². The van der Waals surface area contributed by atoms with Crippen molar-refractivity contribution in [2.45, 2.75) is 25.8 Å². The third kappa shape index (κ3) is 7.19. The van der Waals surface area contributed by atoms with Crippen LogP contribution in [-0.2, 0) is 12.0 Å². The van der Waals surface area contributed by atoms with Gasteiger partial charge in [0.2, 0.25) is 0 Å². The first-order valence-electron chi connectivity index (χ1n) is 9.66. The molecule has 0 saturated carbocycles. The zero-order valence-corrected chi connectivity index (χ0v) is 21.0. The van der Waals surface area contributed by atoms with Gasteiger partial charge in [-0.05, 0) is 35.4 Å². The van der Waals surface area contributed by atoms with Gasteiger partial charge in [-0.2, -0.15) is 0 Å². The van der Waals surface area contributed by atoms with Crippen molar-refractivity contribution in [1.29, 1.82) is 0 Å². The highest BCUT2D eigenvalue weighted by atomic mass is 127. The van der Waals surface area contributed by atoms with Crippen LogP contribution < -0.4 is 15.4 Å². The Hall–Kier alpha value is -2.29. The van der Waals surface area contributed by atoms with Crippen LogP contribution in [0.15, 0.2) is 53.5 Å². The zero-order chi connectivity index (χ0) is 21.4. The van der Waals surface area contributed by atoms with Gasteiger partial charge in [-0.3, -0.25) is 9.79 Å². The Morgan fingerprint density at radius 1 is 1.03 bits per heavy atom. The number of hydrogen-bond acceptors (Lipinski definition) is 3. The molecule has 0 heterocycles. The molecule has 164 valence electrons. The molecular formula is C23H33IN4O2. The average Bonchev–Trinajstić information content (AvgIpc) is 2.73. The second-order valence-electron chi connectivity index (χ2n) is 7.79. The van der Waals surface area contributed by atoms with Gasteiger partial charge in [-0.1, -0.05) is 38.1 Å². The summed E-state index contributed by atoms with van der Waals surface area (Å²) in [6.07, 6.45) is 0. The highest BCUT2D eigenvalue weighted by Crippen LogP contribution is 2.24. The lowest BCUT2D eigenvalue weighted by atomic mass is 9.84. The lowest BCUT2D eigenvalue weighted by molar-refractivity contribution is 0.0827. The van der Waals surface area contributed by atoms with Crippen molar-refractivity contribution in [3.63, 3.8) is 0 Å². The summed E-state index contributed by atoms with van der Waals surface area (Å²) in [5.41, 5.74) is 2.92. The summed E-state index contributed by atoms with van der Waals surface area (Å²) in [4.78, 5) is 17.9. The maximum atomic E-state index is 12.0. The molecule has 2 rings (SSSR count). The molecule has 30 heavy (non-hydrogen) atoms. The fraction of sp³-hybridized carbons (Fsp3) is 0.391. The van der Waals surface area contributed by atoms with E-state index in [-0.39, 0.29) is 35.3 Å². The van der Waals surface area contributed by atoms with E-state index in [2.05, 4.69) is 41.6 Å². The molecule has 0 aromatic heterocycles. The summed E-state index contributed by atoms with van der Waals surface area (Å²) in [7, 11) is 6.93. The Bertz CT molecular complexity index is 831. The number of amides is 1. The largest absolute Gasteiger partial charge is 0.497 e. The molecule has 2 aromatic carbocycles. The standard InChI is InChI=1S/C23H32N4O2.HI/c1-23(2,19-11-13-20(29-6)14-12-19)16-26-22(24-3)25-15-17-7-9-18(10-8-17)21(28)27(4)5;/h7-14H,15-16H2,1-6H3,(H2,24,25,26);1H. The second-order valence-corrected chi connectivity index (χ2v) is 7.79. The van der Waals surface area contributed by atoms with Crippen LogP contribution in [0.4, 0.5) is 0 Å². The van der Waals surface area contributed by atoms with Gasteiger partial charge in [0, 0.05) is 45.2 Å². The predicted molar refractivity (Wildman–Crippen MR) is 134 cm³/mol. The van der Waals surface area contributed by atoms with Crippen molar-refractivity contribution < 1.29 is 9.53 Å². The molecule has 0 saturated heterocycles. The molecule has 0 radical (unpaired) electrons. The molecule has 0 aliphatic rings. The number of guanidine groups is 1. The van der Waals surface area contributed by atoms with Gasteiger partial charge in [0.15, 0.2) is 5.96 Å². The van der Waals surface area contributed by atoms with Crippen LogP contribution in [0, 0.1) is 0 Å². The van der Waals surface area contributed by atoms with E-state index in [4.69, 9.17) is 4.74 Å². The van der Waals surface area contributed by atoms with Gasteiger partial charge in [-0.25, -0.2) is 0 Å². The summed E-state index contributed by atoms with van der Waals surface area (Å²) in [5.74, 6) is 1.59. The normalized spacial score (nSPS) is 11.3. The number of benzene rings is 2. The smallest absolute Gasteiger partial charge is 0.253 e. The van der Waals surface area contributed by atoms with Crippen LogP contribution in [0.1, 0.15) is 35.3 Å². The van der Waals surface area contributed by atoms with E-state index in [1.807, 2.05) is 36.4 Å². The minimum Gasteiger partial charge on any atom is -0.497 e. The predicted octanol–water partition coefficient (Wildman–Crippen LogP) is 3.66. The van der Waals surface area contributed by atoms with Crippen LogP contribution in [0.2, 0.25) is 0 Å². The first-order valence-corrected chi connectivity index (χ1v) is 9.66. The first-order chi connectivity index (χ1) is 13.8. The SMILES string of the molecule is CN=C(NCc1ccc(C(=O)N(C)C)cc1)NCC(C)(C)c1ccc(OC)cc1.I. The van der Waals surface area contributed by atoms with E-state index in [1.54, 1.807) is 33.2 Å². The summed E-state index contributed by atoms with van der Waals surface area (Å²) in [6.45, 7) is 5.74. The van der Waals surface area contributed by atoms with Gasteiger partial charge in [0.25, 0.3) is 5.91 Å². The molecule has 2 N–H and O–H groups in total. The fourth-order valence-corrected chi connectivity index (χ4v) is 2.88. The third-order valence-electron chi connectivity index (χ3n) is 4.86. The molecule has 6 nitrogen and oxygen atoms in total. The lowest BCUT2D eigenvalue weighted by Crippen LogP contribution is -2.43. The second kappa shape index (κ2) is 11.8. The van der Waals surface area contributed by atoms with E-state index in [0.29, 0.717) is 12.1 Å². The van der Waals surface area contributed by atoms with E-state index >= 15 is 0 Å². The molecule has 0 bridgehead atoms. The van der Waals surface area contributed by atoms with E-state index in [1.165, 1.54) is 5.56 Å². The van der Waals surface area contributed by atoms with Gasteiger partial charge in [0.05, 0.1) is 7.11 Å². The number of halogens is 1. The molecule has 0 spiro atoms. The highest BCUT2D eigenvalue weighted by Gasteiger charge is 2.21. The van der Waals surface area contributed by atoms with E-state index < -0.39 is 0 Å². The first kappa shape index (κ1) is 25.7. The number of nitrogens with zero attached hydrogens (tertiary/aromatic N) is 2. The summed E-state index contributed by atoms with van der Waals surface area (Å²) < 4.78 is 5.24. The van der Waals surface area contributed by atoms with Crippen molar-refractivity contribution in [2.75, 3.05) is 34.8 Å². The minimum absolute atomic E-state index is 0. The molecule has 0 aliphatic carbocycles. The molecule has 7 heteroatoms. The minimum atomic E-state index is -0.0713. The van der Waals surface area contributed by atoms with Gasteiger partial charge >= 0.3 is 0 Å². The van der Waals surface area contributed by atoms with Crippen LogP contribution in [0.25, 0.3) is 0 Å². The van der Waals surface area contributed by atoms with Crippen molar-refractivity contribution in [3.8, 4) is 5.75 Å². The molecule has 2 aromatic rings. The maximum Gasteiger partial charge on any atom is 0.253 e. The van der Waals surface area contributed by atoms with Crippen molar-refractivity contribution >= 4 is 35.8 Å². The number of carbonyl (C=O) groups is 1. The van der Waals surface area contributed by atoms with E-state index in [9.17, 15) is 4.79 Å². The number of carbonyl (C=O) groups excluding carboxylic acids is 1. The number of methoxy groups -OCH3 is 1. The van der Waals surface area contributed by atoms with Crippen LogP contribution >= 0.6 is 24.0 Å². The molecule has 0 aliphatic heterocycles. The lowest BCUT2D eigenvalue weighted by Gasteiger charge is -2.27. The number of nitrogens with one attached hydrogen (secondary N) is 2. The van der Waals surface area contributed by atoms with Crippen LogP contribution in [-0.4, -0.2) is 51.6 Å². The fourth-order valence-electron chi connectivity index (χ4n) is 2.88. The number of hydrogen-bond donors (Lipinski definition) is 2. The number of ether oxygens (including phenoxy) is 1. The third-order valence-corrected chi connectivity index (χ3v) is 4.86. The molecule has 1 amide bonds. The average molecular weight is 524 g/mol. The molecule has 0 unspecified atom stereocenters. The topological polar surface area (TPSA) is 66.0 Å². The molecule has 0 atom stereocenters. The van der Waals surface area contributed by atoms with Crippen molar-refractivity contribution in [3.05, 3.63) is 65.2 Å². The van der Waals surface area contributed by atoms with Crippen LogP contribution in [0.5, 0.6) is 5.75 Å². The van der Waals surface area contributed by atoms with Gasteiger partial charge in [0.1, 0.15) is 5.75 Å². The molecular weight excluding hydrogens is 491 g/mol. The van der Waals surface area contributed by atoms with E-state index in [0.717, 1.165) is 23.8 Å². The van der Waals surface area contributed by atoms with Crippen molar-refractivity contribution in [1.82, 2.24) is 15.5 Å². The summed E-state index contributed by atoms with van der Waals surface area (Å²) >= 11 is 0. The zero-order valence-electron chi connectivity index (χ0n) is 18.7. The number of aliphatic imine (C=N–C) groups is 1. The quantitative estimate of drug-likeness (QED) is 0.330. The van der Waals surface area contributed by atoms with Crippen molar-refractivity contribution in [2.24, 2.45) is 4.99 Å². The Morgan fingerprint density at radius 3 is 2.13 bits per heavy atom. The molecule has 0 fully saturated rings. The Kier molecular flexibility index (Phi) is 10.1. The van der Waals surface area contributed by atoms with Crippen LogP contribution in [0.3, 0.4) is 0 Å². The summed E-state index contributed by atoms with van der Waals surface area (Å²) in [5, 5.41) is 6.72. The maximum absolute atomic E-state index is 12.0.